The quantitative estimate of drug-likeness (QED) is 0.408. The molecule has 0 aliphatic carbocycles. The molecule has 2 aliphatic heterocycles. The summed E-state index contributed by atoms with van der Waals surface area (Å²) in [5, 5.41) is 0. The number of nitrogens with zero attached hydrogens (tertiary/aromatic N) is 4. The second-order valence-electron chi connectivity index (χ2n) is 9.71. The summed E-state index contributed by atoms with van der Waals surface area (Å²) in [6, 6.07) is 16.9. The number of hydrogen-bond donors (Lipinski definition) is 0. The molecule has 0 bridgehead atoms. The highest BCUT2D eigenvalue weighted by atomic mass is 19.1. The first-order valence-electron chi connectivity index (χ1n) is 13.1. The van der Waals surface area contributed by atoms with Gasteiger partial charge >= 0.3 is 0 Å². The average Bonchev–Trinajstić information content (AvgIpc) is 3.32. The number of morpholine rings is 1. The lowest BCUT2D eigenvalue weighted by Gasteiger charge is -2.33. The van der Waals surface area contributed by atoms with Crippen LogP contribution in [0.4, 0.5) is 16.2 Å². The van der Waals surface area contributed by atoms with Crippen LogP contribution in [0.2, 0.25) is 0 Å². The maximum absolute atomic E-state index is 15.3. The van der Waals surface area contributed by atoms with Crippen molar-refractivity contribution in [3.63, 3.8) is 0 Å². The van der Waals surface area contributed by atoms with Crippen molar-refractivity contribution >= 4 is 11.8 Å². The third-order valence-electron chi connectivity index (χ3n) is 7.13. The zero-order valence-corrected chi connectivity index (χ0v) is 22.2. The monoisotopic (exact) mass is 522 g/mol. The molecule has 5 rings (SSSR count). The second kappa shape index (κ2) is 11.9. The van der Waals surface area contributed by atoms with Gasteiger partial charge in [-0.05, 0) is 49.1 Å². The summed E-state index contributed by atoms with van der Waals surface area (Å²) in [6.45, 7) is 4.97. The molecular formula is C29H35FN4O4. The number of alkyl halides is 1. The Bertz CT molecular complexity index is 1210. The van der Waals surface area contributed by atoms with E-state index in [-0.39, 0.29) is 6.10 Å². The van der Waals surface area contributed by atoms with E-state index < -0.39 is 12.2 Å². The van der Waals surface area contributed by atoms with E-state index in [4.69, 9.17) is 28.9 Å². The molecule has 202 valence electrons. The van der Waals surface area contributed by atoms with Crippen molar-refractivity contribution < 1.29 is 23.3 Å². The van der Waals surface area contributed by atoms with Gasteiger partial charge in [0.15, 0.2) is 0 Å². The molecule has 0 N–H and O–H groups in total. The van der Waals surface area contributed by atoms with E-state index in [1.165, 1.54) is 0 Å². The number of aromatic nitrogens is 2. The summed E-state index contributed by atoms with van der Waals surface area (Å²) in [4.78, 5) is 13.8. The van der Waals surface area contributed by atoms with E-state index in [1.54, 1.807) is 14.2 Å². The predicted molar refractivity (Wildman–Crippen MR) is 144 cm³/mol. The number of benzene rings is 2. The summed E-state index contributed by atoms with van der Waals surface area (Å²) in [5.41, 5.74) is 1.95. The number of hydrogen-bond acceptors (Lipinski definition) is 8. The Morgan fingerprint density at radius 1 is 1.03 bits per heavy atom. The van der Waals surface area contributed by atoms with Crippen molar-refractivity contribution in [3.05, 3.63) is 65.7 Å². The zero-order chi connectivity index (χ0) is 26.5. The van der Waals surface area contributed by atoms with Crippen LogP contribution in [0.25, 0.3) is 0 Å². The molecule has 1 aromatic heterocycles. The van der Waals surface area contributed by atoms with Crippen LogP contribution in [0.3, 0.4) is 0 Å². The SMILES string of the molecule is COc1ccc(COc2cc(N3CCO[C@H](C)C3)nc(N3CC[C@H](F)[C@@H]3Cc3ccccc3OC)n2)cc1. The van der Waals surface area contributed by atoms with Gasteiger partial charge in [-0.1, -0.05) is 30.3 Å². The summed E-state index contributed by atoms with van der Waals surface area (Å²) in [5.74, 6) is 3.24. The third kappa shape index (κ3) is 5.93. The topological polar surface area (TPSA) is 69.2 Å². The fourth-order valence-electron chi connectivity index (χ4n) is 5.07. The van der Waals surface area contributed by atoms with Crippen LogP contribution in [-0.2, 0) is 17.8 Å². The highest BCUT2D eigenvalue weighted by Gasteiger charge is 2.37. The summed E-state index contributed by atoms with van der Waals surface area (Å²) in [6.07, 6.45) is 0.00441. The molecule has 2 saturated heterocycles. The molecule has 3 heterocycles. The van der Waals surface area contributed by atoms with Crippen molar-refractivity contribution in [1.82, 2.24) is 9.97 Å². The molecule has 2 fully saturated rings. The fraction of sp³-hybridized carbons (Fsp3) is 0.448. The lowest BCUT2D eigenvalue weighted by Crippen LogP contribution is -2.42. The summed E-state index contributed by atoms with van der Waals surface area (Å²) < 4.78 is 37.9. The summed E-state index contributed by atoms with van der Waals surface area (Å²) >= 11 is 0. The number of anilines is 2. The van der Waals surface area contributed by atoms with Gasteiger partial charge in [0, 0.05) is 25.7 Å². The Balaban J connectivity index is 1.43. The van der Waals surface area contributed by atoms with Crippen LogP contribution < -0.4 is 24.0 Å². The van der Waals surface area contributed by atoms with Crippen LogP contribution in [0, 0.1) is 0 Å². The molecular weight excluding hydrogens is 487 g/mol. The third-order valence-corrected chi connectivity index (χ3v) is 7.13. The van der Waals surface area contributed by atoms with Gasteiger partial charge in [0.1, 0.15) is 30.1 Å². The molecule has 3 aromatic rings. The van der Waals surface area contributed by atoms with E-state index in [0.717, 1.165) is 35.0 Å². The van der Waals surface area contributed by atoms with E-state index in [2.05, 4.69) is 4.90 Å². The number of ether oxygens (including phenoxy) is 4. The number of halogens is 1. The van der Waals surface area contributed by atoms with Crippen molar-refractivity contribution in [3.8, 4) is 17.4 Å². The van der Waals surface area contributed by atoms with E-state index in [9.17, 15) is 0 Å². The molecule has 0 unspecified atom stereocenters. The van der Waals surface area contributed by atoms with Gasteiger partial charge in [-0.25, -0.2) is 4.39 Å². The first-order chi connectivity index (χ1) is 18.5. The Morgan fingerprint density at radius 3 is 2.61 bits per heavy atom. The fourth-order valence-corrected chi connectivity index (χ4v) is 5.07. The molecule has 0 amide bonds. The molecule has 2 aromatic carbocycles. The largest absolute Gasteiger partial charge is 0.497 e. The normalized spacial score (nSPS) is 21.4. The van der Waals surface area contributed by atoms with Gasteiger partial charge in [0.05, 0.1) is 33.0 Å². The maximum Gasteiger partial charge on any atom is 0.230 e. The lowest BCUT2D eigenvalue weighted by atomic mass is 10.0. The smallest absolute Gasteiger partial charge is 0.230 e. The van der Waals surface area contributed by atoms with Crippen LogP contribution in [-0.4, -0.2) is 68.7 Å². The molecule has 38 heavy (non-hydrogen) atoms. The maximum atomic E-state index is 15.3. The number of para-hydroxylation sites is 1. The standard InChI is InChI=1S/C29H35FN4O4/c1-20-18-33(14-15-37-20)27-17-28(38-19-21-8-10-23(35-2)11-9-21)32-29(31-27)34-13-12-24(30)25(34)16-22-6-4-5-7-26(22)36-3/h4-11,17,20,24-25H,12-16,18-19H2,1-3H3/t20-,24+,25+/m1/s1. The van der Waals surface area contributed by atoms with Crippen LogP contribution in [0.1, 0.15) is 24.5 Å². The van der Waals surface area contributed by atoms with Gasteiger partial charge in [0.2, 0.25) is 11.8 Å². The molecule has 0 spiro atoms. The van der Waals surface area contributed by atoms with Crippen molar-refractivity contribution in [2.45, 2.75) is 44.7 Å². The van der Waals surface area contributed by atoms with Crippen LogP contribution in [0.5, 0.6) is 17.4 Å². The summed E-state index contributed by atoms with van der Waals surface area (Å²) in [7, 11) is 3.28. The van der Waals surface area contributed by atoms with Gasteiger partial charge in [-0.3, -0.25) is 0 Å². The lowest BCUT2D eigenvalue weighted by molar-refractivity contribution is 0.0529. The molecule has 2 aliphatic rings. The predicted octanol–water partition coefficient (Wildman–Crippen LogP) is 4.46. The van der Waals surface area contributed by atoms with Crippen molar-refractivity contribution in [1.29, 1.82) is 0 Å². The molecule has 9 heteroatoms. The number of rotatable bonds is 9. The van der Waals surface area contributed by atoms with E-state index >= 15 is 4.39 Å². The molecule has 3 atom stereocenters. The van der Waals surface area contributed by atoms with Gasteiger partial charge < -0.3 is 28.7 Å². The average molecular weight is 523 g/mol. The Kier molecular flexibility index (Phi) is 8.12. The first-order valence-corrected chi connectivity index (χ1v) is 13.1. The Labute approximate surface area is 223 Å². The second-order valence-corrected chi connectivity index (χ2v) is 9.71. The number of methoxy groups -OCH3 is 2. The zero-order valence-electron chi connectivity index (χ0n) is 22.2. The molecule has 0 radical (unpaired) electrons. The van der Waals surface area contributed by atoms with Crippen molar-refractivity contribution in [2.24, 2.45) is 0 Å². The molecule has 0 saturated carbocycles. The van der Waals surface area contributed by atoms with E-state index in [0.29, 0.717) is 51.0 Å². The minimum absolute atomic E-state index is 0.0890. The minimum atomic E-state index is -1.00. The van der Waals surface area contributed by atoms with Gasteiger partial charge in [0.25, 0.3) is 0 Å². The molecule has 8 nitrogen and oxygen atoms in total. The Hall–Kier alpha value is -3.59. The van der Waals surface area contributed by atoms with Gasteiger partial charge in [-0.2, -0.15) is 9.97 Å². The van der Waals surface area contributed by atoms with Crippen LogP contribution in [0.15, 0.2) is 54.6 Å². The highest BCUT2D eigenvalue weighted by Crippen LogP contribution is 2.33. The van der Waals surface area contributed by atoms with Gasteiger partial charge in [-0.15, -0.1) is 0 Å². The van der Waals surface area contributed by atoms with Crippen LogP contribution >= 0.6 is 0 Å². The minimum Gasteiger partial charge on any atom is -0.497 e. The first kappa shape index (κ1) is 26.0. The van der Waals surface area contributed by atoms with Crippen molar-refractivity contribution in [2.75, 3.05) is 50.3 Å². The highest BCUT2D eigenvalue weighted by molar-refractivity contribution is 5.50. The Morgan fingerprint density at radius 2 is 1.84 bits per heavy atom. The van der Waals surface area contributed by atoms with E-state index in [1.807, 2.05) is 66.4 Å².